The van der Waals surface area contributed by atoms with Crippen molar-refractivity contribution in [2.75, 3.05) is 0 Å². The Kier molecular flexibility index (Phi) is 3.41. The van der Waals surface area contributed by atoms with Crippen LogP contribution in [0.2, 0.25) is 0 Å². The van der Waals surface area contributed by atoms with E-state index in [1.165, 1.54) is 0 Å². The van der Waals surface area contributed by atoms with Crippen molar-refractivity contribution in [2.24, 2.45) is 5.73 Å². The minimum Gasteiger partial charge on any atom is -0.481 e. The molecule has 0 aromatic rings. The van der Waals surface area contributed by atoms with Gasteiger partial charge in [0.1, 0.15) is 0 Å². The van der Waals surface area contributed by atoms with Crippen molar-refractivity contribution in [3.05, 3.63) is 0 Å². The molecule has 0 bridgehead atoms. The highest BCUT2D eigenvalue weighted by Gasteiger charge is 2.12. The average Bonchev–Trinajstić information content (AvgIpc) is 1.63. The molecule has 0 spiro atoms. The lowest BCUT2D eigenvalue weighted by Gasteiger charge is -1.99. The summed E-state index contributed by atoms with van der Waals surface area (Å²) in [6.45, 7) is 0. The van der Waals surface area contributed by atoms with Crippen molar-refractivity contribution >= 4 is 26.6 Å². The van der Waals surface area contributed by atoms with Crippen LogP contribution < -0.4 is 5.73 Å². The lowest BCUT2D eigenvalue weighted by molar-refractivity contribution is -0.138. The van der Waals surface area contributed by atoms with E-state index in [2.05, 4.69) is 15.9 Å². The van der Waals surface area contributed by atoms with E-state index in [1.807, 2.05) is 0 Å². The van der Waals surface area contributed by atoms with Gasteiger partial charge >= 0.3 is 5.97 Å². The van der Waals surface area contributed by atoms with Gasteiger partial charge in [0.15, 0.2) is 0 Å². The largest absolute Gasteiger partial charge is 0.481 e. The second kappa shape index (κ2) is 3.58. The van der Waals surface area contributed by atoms with Gasteiger partial charge in [0.2, 0.25) is 4.69 Å². The van der Waals surface area contributed by atoms with Gasteiger partial charge in [-0.3, -0.25) is 9.59 Å². The van der Waals surface area contributed by atoms with E-state index in [-0.39, 0.29) is 6.42 Å². The Balaban J connectivity index is 3.63. The molecular weight excluding hydrogens is 190 g/mol. The normalized spacial score (nSPS) is 12.7. The van der Waals surface area contributed by atoms with Crippen LogP contribution in [0, 0.1) is 0 Å². The number of nitrogens with two attached hydrogens (primary N) is 1. The standard InChI is InChI=1S/C4H6BrNO3/c5-4(9)2(6)1-3(7)8/h2H,1,6H2,(H,7,8)/t2-/m0/s1. The van der Waals surface area contributed by atoms with Crippen LogP contribution in [0.4, 0.5) is 0 Å². The molecule has 3 N–H and O–H groups in total. The summed E-state index contributed by atoms with van der Waals surface area (Å²) in [5.41, 5.74) is 5.04. The van der Waals surface area contributed by atoms with E-state index in [1.54, 1.807) is 0 Å². The Bertz CT molecular complexity index is 136. The molecule has 0 saturated heterocycles. The molecule has 4 nitrogen and oxygen atoms in total. The Morgan fingerprint density at radius 2 is 2.11 bits per heavy atom. The van der Waals surface area contributed by atoms with Crippen LogP contribution in [-0.4, -0.2) is 21.8 Å². The zero-order valence-corrected chi connectivity index (χ0v) is 6.09. The molecule has 0 aliphatic rings. The maximum atomic E-state index is 10.2. The Morgan fingerprint density at radius 3 is 2.22 bits per heavy atom. The molecule has 0 rings (SSSR count). The van der Waals surface area contributed by atoms with Crippen LogP contribution in [0.15, 0.2) is 0 Å². The first kappa shape index (κ1) is 8.58. The van der Waals surface area contributed by atoms with Gasteiger partial charge in [-0.25, -0.2) is 0 Å². The van der Waals surface area contributed by atoms with E-state index < -0.39 is 16.7 Å². The number of hydrogen-bond acceptors (Lipinski definition) is 3. The van der Waals surface area contributed by atoms with Crippen molar-refractivity contribution in [2.45, 2.75) is 12.5 Å². The first-order valence-electron chi connectivity index (χ1n) is 2.20. The van der Waals surface area contributed by atoms with Gasteiger partial charge in [-0.2, -0.15) is 0 Å². The van der Waals surface area contributed by atoms with Crippen LogP contribution in [0.25, 0.3) is 0 Å². The molecule has 0 saturated carbocycles. The number of carboxylic acids is 1. The number of carboxylic acid groups (broad SMARTS) is 1. The smallest absolute Gasteiger partial charge is 0.305 e. The van der Waals surface area contributed by atoms with E-state index in [0.29, 0.717) is 0 Å². The van der Waals surface area contributed by atoms with Gasteiger partial charge in [0.05, 0.1) is 12.5 Å². The second-order valence-electron chi connectivity index (χ2n) is 1.51. The number of halogens is 1. The van der Waals surface area contributed by atoms with Gasteiger partial charge < -0.3 is 10.8 Å². The maximum Gasteiger partial charge on any atom is 0.305 e. The van der Waals surface area contributed by atoms with E-state index in [0.717, 1.165) is 0 Å². The summed E-state index contributed by atoms with van der Waals surface area (Å²) in [6.07, 6.45) is -0.329. The van der Waals surface area contributed by atoms with Gasteiger partial charge in [0, 0.05) is 0 Å². The van der Waals surface area contributed by atoms with Crippen molar-refractivity contribution in [1.82, 2.24) is 0 Å². The highest BCUT2D eigenvalue weighted by atomic mass is 79.9. The third-order valence-electron chi connectivity index (χ3n) is 0.686. The van der Waals surface area contributed by atoms with Crippen LogP contribution in [0.5, 0.6) is 0 Å². The average molecular weight is 196 g/mol. The summed E-state index contributed by atoms with van der Waals surface area (Å²) >= 11 is 2.54. The van der Waals surface area contributed by atoms with E-state index >= 15 is 0 Å². The maximum absolute atomic E-state index is 10.2. The van der Waals surface area contributed by atoms with Crippen LogP contribution in [0.3, 0.4) is 0 Å². The summed E-state index contributed by atoms with van der Waals surface area (Å²) in [5, 5.41) is 8.08. The molecule has 5 heteroatoms. The molecule has 52 valence electrons. The number of aliphatic carboxylic acids is 1. The van der Waals surface area contributed by atoms with Gasteiger partial charge in [0.25, 0.3) is 0 Å². The number of hydrogen-bond donors (Lipinski definition) is 2. The SMILES string of the molecule is N[C@@H](CC(=O)O)C(=O)Br. The lowest BCUT2D eigenvalue weighted by atomic mass is 10.2. The number of carbonyl (C=O) groups is 2. The van der Waals surface area contributed by atoms with Crippen molar-refractivity contribution in [1.29, 1.82) is 0 Å². The fourth-order valence-corrected chi connectivity index (χ4v) is 0.430. The monoisotopic (exact) mass is 195 g/mol. The highest BCUT2D eigenvalue weighted by Crippen LogP contribution is 1.95. The second-order valence-corrected chi connectivity index (χ2v) is 2.29. The summed E-state index contributed by atoms with van der Waals surface area (Å²) in [4.78, 5) is 20.1. The summed E-state index contributed by atoms with van der Waals surface area (Å²) in [6, 6.07) is -0.928. The predicted molar refractivity (Wildman–Crippen MR) is 34.2 cm³/mol. The molecule has 1 atom stereocenters. The van der Waals surface area contributed by atoms with Crippen molar-refractivity contribution in [3.8, 4) is 0 Å². The van der Waals surface area contributed by atoms with Crippen LogP contribution in [-0.2, 0) is 9.59 Å². The Hall–Kier alpha value is -0.420. The van der Waals surface area contributed by atoms with Crippen LogP contribution >= 0.6 is 15.9 Å². The molecule has 0 aromatic carbocycles. The fraction of sp³-hybridized carbons (Fsp3) is 0.500. The molecule has 0 fully saturated rings. The zero-order valence-electron chi connectivity index (χ0n) is 4.50. The molecule has 0 aliphatic heterocycles. The molecule has 0 unspecified atom stereocenters. The van der Waals surface area contributed by atoms with Crippen molar-refractivity contribution < 1.29 is 14.7 Å². The first-order chi connectivity index (χ1) is 4.04. The third-order valence-corrected chi connectivity index (χ3v) is 1.27. The minimum absolute atomic E-state index is 0.329. The zero-order chi connectivity index (χ0) is 7.44. The quantitative estimate of drug-likeness (QED) is 0.607. The van der Waals surface area contributed by atoms with Gasteiger partial charge in [-0.15, -0.1) is 0 Å². The van der Waals surface area contributed by atoms with E-state index in [9.17, 15) is 9.59 Å². The molecule has 0 heterocycles. The summed E-state index contributed by atoms with van der Waals surface area (Å²) in [5.74, 6) is -1.07. The topological polar surface area (TPSA) is 80.4 Å². The van der Waals surface area contributed by atoms with Gasteiger partial charge in [-0.1, -0.05) is 0 Å². The minimum atomic E-state index is -1.07. The summed E-state index contributed by atoms with van der Waals surface area (Å²) < 4.78 is -0.482. The Morgan fingerprint density at radius 1 is 1.67 bits per heavy atom. The fourth-order valence-electron chi connectivity index (χ4n) is 0.268. The molecular formula is C4H6BrNO3. The lowest BCUT2D eigenvalue weighted by Crippen LogP contribution is -2.29. The van der Waals surface area contributed by atoms with E-state index in [4.69, 9.17) is 10.8 Å². The summed E-state index contributed by atoms with van der Waals surface area (Å²) in [7, 11) is 0. The highest BCUT2D eigenvalue weighted by molar-refractivity contribution is 9.18. The number of rotatable bonds is 3. The third kappa shape index (κ3) is 4.11. The molecule has 0 radical (unpaired) electrons. The molecule has 9 heavy (non-hydrogen) atoms. The molecule has 0 aromatic heterocycles. The molecule has 0 amide bonds. The Labute approximate surface area is 60.2 Å². The molecule has 0 aliphatic carbocycles. The number of carbonyl (C=O) groups excluding carboxylic acids is 1. The first-order valence-corrected chi connectivity index (χ1v) is 3.00. The van der Waals surface area contributed by atoms with Crippen LogP contribution in [0.1, 0.15) is 6.42 Å². The van der Waals surface area contributed by atoms with Gasteiger partial charge in [-0.05, 0) is 15.9 Å². The predicted octanol–water partition coefficient (Wildman–Crippen LogP) is -0.290. The van der Waals surface area contributed by atoms with Crippen molar-refractivity contribution in [3.63, 3.8) is 0 Å².